The minimum atomic E-state index is -0.0801. The van der Waals surface area contributed by atoms with E-state index in [-0.39, 0.29) is 4.32 Å². The van der Waals surface area contributed by atoms with Gasteiger partial charge in [0, 0.05) is 18.3 Å². The molecule has 1 heterocycles. The Morgan fingerprint density at radius 2 is 2.56 bits per heavy atom. The summed E-state index contributed by atoms with van der Waals surface area (Å²) in [4.78, 5) is 3.96. The van der Waals surface area contributed by atoms with E-state index in [0.717, 1.165) is 6.42 Å². The van der Waals surface area contributed by atoms with Gasteiger partial charge in [0.15, 0.2) is 0 Å². The van der Waals surface area contributed by atoms with Crippen LogP contribution in [0.25, 0.3) is 0 Å². The van der Waals surface area contributed by atoms with Gasteiger partial charge in [0.1, 0.15) is 0 Å². The molecule has 0 aromatic carbocycles. The lowest BCUT2D eigenvalue weighted by Gasteiger charge is -2.18. The van der Waals surface area contributed by atoms with Gasteiger partial charge in [0.2, 0.25) is 0 Å². The van der Waals surface area contributed by atoms with Crippen molar-refractivity contribution in [3.8, 4) is 0 Å². The molecule has 50 valence electrons. The van der Waals surface area contributed by atoms with Gasteiger partial charge in [0.25, 0.3) is 0 Å². The number of aliphatic imine (C=N–C) groups is 1. The Balaban J connectivity index is 2.63. The van der Waals surface area contributed by atoms with E-state index >= 15 is 0 Å². The third-order valence-corrected chi connectivity index (χ3v) is 2.79. The van der Waals surface area contributed by atoms with Crippen molar-refractivity contribution < 1.29 is 0 Å². The third kappa shape index (κ3) is 1.80. The topological polar surface area (TPSA) is 12.4 Å². The average Bonchev–Trinajstić information content (AvgIpc) is 1.90. The highest BCUT2D eigenvalue weighted by Crippen LogP contribution is 2.24. The number of hydrogen-bond donors (Lipinski definition) is 0. The summed E-state index contributed by atoms with van der Waals surface area (Å²) >= 11 is 9.11. The predicted octanol–water partition coefficient (Wildman–Crippen LogP) is 2.35. The van der Waals surface area contributed by atoms with Crippen LogP contribution < -0.4 is 0 Å². The molecule has 0 aromatic rings. The van der Waals surface area contributed by atoms with Crippen LogP contribution in [0.2, 0.25) is 0 Å². The maximum absolute atomic E-state index is 5.65. The molecule has 1 unspecified atom stereocenters. The van der Waals surface area contributed by atoms with Gasteiger partial charge < -0.3 is 0 Å². The van der Waals surface area contributed by atoms with Crippen molar-refractivity contribution >= 4 is 33.7 Å². The molecule has 0 aromatic heterocycles. The van der Waals surface area contributed by atoms with Crippen molar-refractivity contribution in [2.75, 3.05) is 5.88 Å². The first-order valence-corrected chi connectivity index (χ1v) is 4.04. The van der Waals surface area contributed by atoms with E-state index in [1.54, 1.807) is 6.20 Å². The van der Waals surface area contributed by atoms with Crippen molar-refractivity contribution in [2.24, 2.45) is 4.99 Å². The van der Waals surface area contributed by atoms with Crippen molar-refractivity contribution in [1.82, 2.24) is 0 Å². The minimum Gasteiger partial charge on any atom is -0.268 e. The van der Waals surface area contributed by atoms with Gasteiger partial charge in [-0.2, -0.15) is 0 Å². The summed E-state index contributed by atoms with van der Waals surface area (Å²) in [6.07, 6.45) is 6.54. The molecule has 0 aliphatic carbocycles. The summed E-state index contributed by atoms with van der Waals surface area (Å²) in [7, 11) is 0. The lowest BCUT2D eigenvalue weighted by molar-refractivity contribution is 0.879. The molecule has 3 heteroatoms. The molecular formula is C6H7BrClN. The zero-order chi connectivity index (χ0) is 6.74. The van der Waals surface area contributed by atoms with Gasteiger partial charge in [-0.3, -0.25) is 4.99 Å². The van der Waals surface area contributed by atoms with Crippen LogP contribution in [0.1, 0.15) is 6.42 Å². The third-order valence-electron chi connectivity index (χ3n) is 1.18. The molecule has 0 saturated heterocycles. The maximum Gasteiger partial charge on any atom is 0.0778 e. The van der Waals surface area contributed by atoms with Gasteiger partial charge in [-0.1, -0.05) is 22.0 Å². The Morgan fingerprint density at radius 3 is 2.89 bits per heavy atom. The number of alkyl halides is 2. The first-order valence-electron chi connectivity index (χ1n) is 2.71. The van der Waals surface area contributed by atoms with Crippen LogP contribution in [-0.4, -0.2) is 16.4 Å². The van der Waals surface area contributed by atoms with Crippen molar-refractivity contribution in [1.29, 1.82) is 0 Å². The molecule has 1 aliphatic heterocycles. The number of rotatable bonds is 1. The van der Waals surface area contributed by atoms with E-state index in [2.05, 4.69) is 20.9 Å². The van der Waals surface area contributed by atoms with E-state index in [1.165, 1.54) is 0 Å². The van der Waals surface area contributed by atoms with Crippen LogP contribution in [-0.2, 0) is 0 Å². The normalized spacial score (nSPS) is 33.1. The Labute approximate surface area is 67.9 Å². The molecule has 0 fully saturated rings. The molecule has 1 aliphatic rings. The Hall–Kier alpha value is 0.180. The van der Waals surface area contributed by atoms with Crippen LogP contribution in [0.4, 0.5) is 0 Å². The molecule has 9 heavy (non-hydrogen) atoms. The quantitative estimate of drug-likeness (QED) is 0.587. The second kappa shape index (κ2) is 2.84. The summed E-state index contributed by atoms with van der Waals surface area (Å²) in [5.41, 5.74) is 0. The largest absolute Gasteiger partial charge is 0.268 e. The summed E-state index contributed by atoms with van der Waals surface area (Å²) < 4.78 is -0.0801. The first kappa shape index (κ1) is 7.29. The number of halogens is 2. The van der Waals surface area contributed by atoms with Crippen molar-refractivity contribution in [3.05, 3.63) is 12.3 Å². The minimum absolute atomic E-state index is 0.0801. The van der Waals surface area contributed by atoms with Gasteiger partial charge in [0.05, 0.1) is 4.32 Å². The number of allylic oxidation sites excluding steroid dienone is 1. The fourth-order valence-corrected chi connectivity index (χ4v) is 1.11. The number of nitrogens with zero attached hydrogens (tertiary/aromatic N) is 1. The highest BCUT2D eigenvalue weighted by molar-refractivity contribution is 9.10. The van der Waals surface area contributed by atoms with Crippen molar-refractivity contribution in [2.45, 2.75) is 10.7 Å². The summed E-state index contributed by atoms with van der Waals surface area (Å²) in [6.45, 7) is 0. The zero-order valence-electron chi connectivity index (χ0n) is 4.85. The molecule has 0 spiro atoms. The smallest absolute Gasteiger partial charge is 0.0778 e. The molecule has 0 amide bonds. The number of hydrogen-bond acceptors (Lipinski definition) is 1. The summed E-state index contributed by atoms with van der Waals surface area (Å²) in [5, 5.41) is 0. The Kier molecular flexibility index (Phi) is 2.30. The molecule has 0 bridgehead atoms. The van der Waals surface area contributed by atoms with Crippen LogP contribution in [0.3, 0.4) is 0 Å². The highest BCUT2D eigenvalue weighted by atomic mass is 79.9. The summed E-state index contributed by atoms with van der Waals surface area (Å²) in [6, 6.07) is 0. The van der Waals surface area contributed by atoms with Crippen molar-refractivity contribution in [3.63, 3.8) is 0 Å². The van der Waals surface area contributed by atoms with Gasteiger partial charge in [-0.15, -0.1) is 11.6 Å². The van der Waals surface area contributed by atoms with E-state index in [4.69, 9.17) is 11.6 Å². The fourth-order valence-electron chi connectivity index (χ4n) is 0.628. The molecule has 0 saturated carbocycles. The average molecular weight is 208 g/mol. The second-order valence-electron chi connectivity index (χ2n) is 2.04. The monoisotopic (exact) mass is 207 g/mol. The van der Waals surface area contributed by atoms with Gasteiger partial charge in [-0.05, 0) is 6.42 Å². The fraction of sp³-hybridized carbons (Fsp3) is 0.500. The molecular weight excluding hydrogens is 201 g/mol. The molecule has 1 nitrogen and oxygen atoms in total. The Morgan fingerprint density at radius 1 is 1.78 bits per heavy atom. The maximum atomic E-state index is 5.65. The lowest BCUT2D eigenvalue weighted by atomic mass is 10.1. The molecule has 0 radical (unpaired) electrons. The van der Waals surface area contributed by atoms with E-state index in [9.17, 15) is 0 Å². The SMILES string of the molecule is ClCC1(Br)C=NC=CC1. The summed E-state index contributed by atoms with van der Waals surface area (Å²) in [5.74, 6) is 0.570. The standard InChI is InChI=1S/C6H7BrClN/c7-6(4-8)2-1-3-9-5-6/h1,3,5H,2,4H2. The van der Waals surface area contributed by atoms with Gasteiger partial charge in [-0.25, -0.2) is 0 Å². The van der Waals surface area contributed by atoms with E-state index in [0.29, 0.717) is 5.88 Å². The first-order chi connectivity index (χ1) is 4.27. The Bertz CT molecular complexity index is 155. The lowest BCUT2D eigenvalue weighted by Crippen LogP contribution is -2.25. The predicted molar refractivity (Wildman–Crippen MR) is 44.6 cm³/mol. The van der Waals surface area contributed by atoms with Crippen LogP contribution in [0.15, 0.2) is 17.3 Å². The molecule has 1 rings (SSSR count). The van der Waals surface area contributed by atoms with Crippen LogP contribution in [0.5, 0.6) is 0 Å². The van der Waals surface area contributed by atoms with E-state index in [1.807, 2.05) is 12.3 Å². The van der Waals surface area contributed by atoms with Gasteiger partial charge >= 0.3 is 0 Å². The van der Waals surface area contributed by atoms with E-state index < -0.39 is 0 Å². The molecule has 0 N–H and O–H groups in total. The molecule has 1 atom stereocenters. The van der Waals surface area contributed by atoms with Crippen LogP contribution >= 0.6 is 27.5 Å². The van der Waals surface area contributed by atoms with Crippen LogP contribution in [0, 0.1) is 0 Å². The second-order valence-corrected chi connectivity index (χ2v) is 3.88. The highest BCUT2D eigenvalue weighted by Gasteiger charge is 2.22. The zero-order valence-corrected chi connectivity index (χ0v) is 7.19.